The molecule has 0 spiro atoms. The molecular weight excluding hydrogens is 362 g/mol. The first-order chi connectivity index (χ1) is 11.1. The van der Waals surface area contributed by atoms with Crippen molar-refractivity contribution >= 4 is 33.5 Å². The highest BCUT2D eigenvalue weighted by Crippen LogP contribution is 2.14. The molecule has 0 radical (unpaired) electrons. The van der Waals surface area contributed by atoms with Gasteiger partial charge in [0, 0.05) is 10.2 Å². The van der Waals surface area contributed by atoms with Gasteiger partial charge in [-0.25, -0.2) is 4.79 Å². The molecule has 0 saturated carbocycles. The Bertz CT molecular complexity index is 668. The fourth-order valence-electron chi connectivity index (χ4n) is 1.80. The summed E-state index contributed by atoms with van der Waals surface area (Å²) in [6, 6.07) is 13.7. The van der Waals surface area contributed by atoms with Gasteiger partial charge in [0.25, 0.3) is 5.91 Å². The van der Waals surface area contributed by atoms with Gasteiger partial charge in [-0.1, -0.05) is 15.9 Å². The second-order valence-electron chi connectivity index (χ2n) is 4.59. The fourth-order valence-corrected chi connectivity index (χ4v) is 2.06. The van der Waals surface area contributed by atoms with E-state index in [1.165, 1.54) is 0 Å². The highest BCUT2D eigenvalue weighted by molar-refractivity contribution is 9.10. The van der Waals surface area contributed by atoms with Crippen molar-refractivity contribution in [3.8, 4) is 5.75 Å². The van der Waals surface area contributed by atoms with Gasteiger partial charge in [-0.05, 0) is 55.5 Å². The van der Waals surface area contributed by atoms with E-state index >= 15 is 0 Å². The van der Waals surface area contributed by atoms with Crippen molar-refractivity contribution in [1.29, 1.82) is 0 Å². The molecule has 0 aliphatic rings. The van der Waals surface area contributed by atoms with Crippen molar-refractivity contribution in [3.63, 3.8) is 0 Å². The summed E-state index contributed by atoms with van der Waals surface area (Å²) < 4.78 is 11.2. The molecule has 120 valence electrons. The van der Waals surface area contributed by atoms with Crippen LogP contribution in [0.4, 0.5) is 5.69 Å². The Labute approximate surface area is 142 Å². The van der Waals surface area contributed by atoms with Gasteiger partial charge in [-0.2, -0.15) is 0 Å². The largest absolute Gasteiger partial charge is 0.494 e. The van der Waals surface area contributed by atoms with Gasteiger partial charge in [0.05, 0.1) is 12.2 Å². The molecule has 0 heterocycles. The van der Waals surface area contributed by atoms with Crippen LogP contribution >= 0.6 is 15.9 Å². The molecule has 0 saturated heterocycles. The van der Waals surface area contributed by atoms with E-state index in [1.807, 2.05) is 19.1 Å². The summed E-state index contributed by atoms with van der Waals surface area (Å²) in [6.07, 6.45) is 0. The molecule has 1 N–H and O–H groups in total. The molecule has 2 aromatic rings. The topological polar surface area (TPSA) is 64.6 Å². The lowest BCUT2D eigenvalue weighted by Crippen LogP contribution is -2.20. The average Bonchev–Trinajstić information content (AvgIpc) is 2.56. The maximum absolute atomic E-state index is 11.9. The van der Waals surface area contributed by atoms with Gasteiger partial charge in [0.2, 0.25) is 0 Å². The number of hydrogen-bond acceptors (Lipinski definition) is 4. The van der Waals surface area contributed by atoms with Gasteiger partial charge in [-0.3, -0.25) is 4.79 Å². The van der Waals surface area contributed by atoms with Crippen LogP contribution in [0.5, 0.6) is 5.75 Å². The molecule has 2 aromatic carbocycles. The third-order valence-corrected chi connectivity index (χ3v) is 3.39. The lowest BCUT2D eigenvalue weighted by molar-refractivity contribution is -0.119. The SMILES string of the molecule is CCOc1ccc(C(=O)OCC(=O)Nc2ccc(Br)cc2)cc1. The number of anilines is 1. The van der Waals surface area contributed by atoms with E-state index in [1.54, 1.807) is 36.4 Å². The third-order valence-electron chi connectivity index (χ3n) is 2.86. The summed E-state index contributed by atoms with van der Waals surface area (Å²) in [5.41, 5.74) is 1.00. The fraction of sp³-hybridized carbons (Fsp3) is 0.176. The van der Waals surface area contributed by atoms with Crippen LogP contribution in [-0.2, 0) is 9.53 Å². The van der Waals surface area contributed by atoms with E-state index in [0.717, 1.165) is 4.47 Å². The van der Waals surface area contributed by atoms with Crippen LogP contribution in [0.25, 0.3) is 0 Å². The number of rotatable bonds is 6. The van der Waals surface area contributed by atoms with Gasteiger partial charge in [0.1, 0.15) is 5.75 Å². The highest BCUT2D eigenvalue weighted by Gasteiger charge is 2.10. The number of benzene rings is 2. The monoisotopic (exact) mass is 377 g/mol. The second kappa shape index (κ2) is 8.33. The average molecular weight is 378 g/mol. The molecule has 5 nitrogen and oxygen atoms in total. The van der Waals surface area contributed by atoms with Gasteiger partial charge in [-0.15, -0.1) is 0 Å². The number of halogens is 1. The Morgan fingerprint density at radius 1 is 1.04 bits per heavy atom. The van der Waals surface area contributed by atoms with E-state index in [4.69, 9.17) is 9.47 Å². The summed E-state index contributed by atoms with van der Waals surface area (Å²) in [5, 5.41) is 2.64. The Balaban J connectivity index is 1.83. The Kier molecular flexibility index (Phi) is 6.17. The summed E-state index contributed by atoms with van der Waals surface area (Å²) in [6.45, 7) is 2.09. The van der Waals surface area contributed by atoms with Crippen molar-refractivity contribution in [2.75, 3.05) is 18.5 Å². The highest BCUT2D eigenvalue weighted by atomic mass is 79.9. The number of carbonyl (C=O) groups excluding carboxylic acids is 2. The number of amides is 1. The van der Waals surface area contributed by atoms with Crippen LogP contribution < -0.4 is 10.1 Å². The molecule has 0 aliphatic carbocycles. The van der Waals surface area contributed by atoms with Crippen LogP contribution in [0.3, 0.4) is 0 Å². The molecule has 0 unspecified atom stereocenters. The first-order valence-electron chi connectivity index (χ1n) is 7.04. The van der Waals surface area contributed by atoms with Crippen molar-refractivity contribution in [3.05, 3.63) is 58.6 Å². The number of carbonyl (C=O) groups is 2. The predicted octanol–water partition coefficient (Wildman–Crippen LogP) is 3.64. The van der Waals surface area contributed by atoms with Crippen LogP contribution in [0, 0.1) is 0 Å². The van der Waals surface area contributed by atoms with Crippen molar-refractivity contribution in [2.24, 2.45) is 0 Å². The molecule has 0 bridgehead atoms. The summed E-state index contributed by atoms with van der Waals surface area (Å²) in [7, 11) is 0. The quantitative estimate of drug-likeness (QED) is 0.780. The van der Waals surface area contributed by atoms with Crippen LogP contribution in [-0.4, -0.2) is 25.1 Å². The Hall–Kier alpha value is -2.34. The Morgan fingerprint density at radius 2 is 1.70 bits per heavy atom. The zero-order valence-corrected chi connectivity index (χ0v) is 14.1. The smallest absolute Gasteiger partial charge is 0.338 e. The van der Waals surface area contributed by atoms with E-state index in [2.05, 4.69) is 21.2 Å². The molecule has 0 atom stereocenters. The first kappa shape index (κ1) is 17.0. The minimum absolute atomic E-state index is 0.345. The molecule has 0 fully saturated rings. The van der Waals surface area contributed by atoms with Gasteiger partial charge < -0.3 is 14.8 Å². The van der Waals surface area contributed by atoms with E-state index in [-0.39, 0.29) is 6.61 Å². The van der Waals surface area contributed by atoms with Crippen molar-refractivity contribution < 1.29 is 19.1 Å². The third kappa shape index (κ3) is 5.41. The van der Waals surface area contributed by atoms with E-state index < -0.39 is 11.9 Å². The molecule has 1 amide bonds. The molecule has 0 aromatic heterocycles. The predicted molar refractivity (Wildman–Crippen MR) is 90.7 cm³/mol. The minimum atomic E-state index is -0.556. The second-order valence-corrected chi connectivity index (χ2v) is 5.50. The molecule has 23 heavy (non-hydrogen) atoms. The van der Waals surface area contributed by atoms with Gasteiger partial charge >= 0.3 is 5.97 Å². The van der Waals surface area contributed by atoms with Crippen LogP contribution in [0.15, 0.2) is 53.0 Å². The summed E-state index contributed by atoms with van der Waals surface area (Å²) in [4.78, 5) is 23.6. The molecule has 2 rings (SSSR count). The van der Waals surface area contributed by atoms with Gasteiger partial charge in [0.15, 0.2) is 6.61 Å². The molecule has 6 heteroatoms. The number of hydrogen-bond donors (Lipinski definition) is 1. The number of esters is 1. The van der Waals surface area contributed by atoms with Crippen LogP contribution in [0.2, 0.25) is 0 Å². The van der Waals surface area contributed by atoms with Crippen molar-refractivity contribution in [1.82, 2.24) is 0 Å². The zero-order valence-electron chi connectivity index (χ0n) is 12.5. The molecular formula is C17H16BrNO4. The lowest BCUT2D eigenvalue weighted by atomic mass is 10.2. The molecule has 0 aliphatic heterocycles. The summed E-state index contributed by atoms with van der Waals surface area (Å²) in [5.74, 6) is -0.275. The Morgan fingerprint density at radius 3 is 2.30 bits per heavy atom. The van der Waals surface area contributed by atoms with E-state index in [0.29, 0.717) is 23.6 Å². The standard InChI is InChI=1S/C17H16BrNO4/c1-2-22-15-9-3-12(4-10-15)17(21)23-11-16(20)19-14-7-5-13(18)6-8-14/h3-10H,2,11H2,1H3,(H,19,20). The number of nitrogens with one attached hydrogen (secondary N) is 1. The maximum atomic E-state index is 11.9. The minimum Gasteiger partial charge on any atom is -0.494 e. The first-order valence-corrected chi connectivity index (χ1v) is 7.83. The summed E-state index contributed by atoms with van der Waals surface area (Å²) >= 11 is 3.31. The van der Waals surface area contributed by atoms with Crippen LogP contribution in [0.1, 0.15) is 17.3 Å². The zero-order chi connectivity index (χ0) is 16.7. The van der Waals surface area contributed by atoms with E-state index in [9.17, 15) is 9.59 Å². The number of ether oxygens (including phenoxy) is 2. The lowest BCUT2D eigenvalue weighted by Gasteiger charge is -2.07. The van der Waals surface area contributed by atoms with Crippen molar-refractivity contribution in [2.45, 2.75) is 6.92 Å². The maximum Gasteiger partial charge on any atom is 0.338 e. The normalized spacial score (nSPS) is 10.0.